The Labute approximate surface area is 193 Å². The number of benzene rings is 1. The van der Waals surface area contributed by atoms with Crippen LogP contribution >= 0.6 is 0 Å². The summed E-state index contributed by atoms with van der Waals surface area (Å²) in [6.07, 6.45) is 4.85. The molecular formula is C26H27N5O2. The molecule has 168 valence electrons. The summed E-state index contributed by atoms with van der Waals surface area (Å²) in [5.41, 5.74) is 3.74. The molecule has 1 aliphatic heterocycles. The molecule has 1 aliphatic rings. The monoisotopic (exact) mass is 441 g/mol. The number of fused-ring (bicyclic) bond motifs is 1. The lowest BCUT2D eigenvalue weighted by molar-refractivity contribution is -0.132. The SMILES string of the molecule is COc1ccc(CCC(=O)N2CCC[C@@H]2c2ccc3c(C)nn(-c4ccccn4)c3n2)cc1. The highest BCUT2D eigenvalue weighted by atomic mass is 16.5. The molecule has 1 fully saturated rings. The van der Waals surface area contributed by atoms with Gasteiger partial charge in [-0.15, -0.1) is 0 Å². The van der Waals surface area contributed by atoms with E-state index in [0.29, 0.717) is 12.8 Å². The summed E-state index contributed by atoms with van der Waals surface area (Å²) < 4.78 is 7.01. The van der Waals surface area contributed by atoms with Crippen LogP contribution in [0.15, 0.2) is 60.8 Å². The quantitative estimate of drug-likeness (QED) is 0.443. The maximum Gasteiger partial charge on any atom is 0.223 e. The van der Waals surface area contributed by atoms with E-state index in [2.05, 4.69) is 16.1 Å². The van der Waals surface area contributed by atoms with Crippen molar-refractivity contribution >= 4 is 16.9 Å². The first-order valence-electron chi connectivity index (χ1n) is 11.3. The molecule has 0 saturated carbocycles. The molecule has 0 spiro atoms. The van der Waals surface area contributed by atoms with Gasteiger partial charge in [-0.2, -0.15) is 9.78 Å². The number of nitrogens with zero attached hydrogens (tertiary/aromatic N) is 5. The molecule has 33 heavy (non-hydrogen) atoms. The number of pyridine rings is 2. The fraction of sp³-hybridized carbons (Fsp3) is 0.308. The highest BCUT2D eigenvalue weighted by molar-refractivity contribution is 5.80. The van der Waals surface area contributed by atoms with Crippen LogP contribution in [0.4, 0.5) is 0 Å². The molecule has 0 N–H and O–H groups in total. The third-order valence-corrected chi connectivity index (χ3v) is 6.30. The first-order valence-corrected chi connectivity index (χ1v) is 11.3. The number of aryl methyl sites for hydroxylation is 2. The number of hydrogen-bond donors (Lipinski definition) is 0. The van der Waals surface area contributed by atoms with E-state index in [4.69, 9.17) is 9.72 Å². The number of carbonyl (C=O) groups is 1. The van der Waals surface area contributed by atoms with Crippen LogP contribution in [0, 0.1) is 6.92 Å². The fourth-order valence-corrected chi connectivity index (χ4v) is 4.54. The predicted octanol–water partition coefficient (Wildman–Crippen LogP) is 4.43. The Balaban J connectivity index is 1.37. The van der Waals surface area contributed by atoms with E-state index in [1.165, 1.54) is 0 Å². The zero-order valence-electron chi connectivity index (χ0n) is 18.9. The number of ether oxygens (including phenoxy) is 1. The molecule has 1 aromatic carbocycles. The Morgan fingerprint density at radius 2 is 1.97 bits per heavy atom. The van der Waals surface area contributed by atoms with Crippen molar-refractivity contribution in [3.05, 3.63) is 77.7 Å². The Morgan fingerprint density at radius 3 is 2.73 bits per heavy atom. The van der Waals surface area contributed by atoms with Crippen LogP contribution in [0.2, 0.25) is 0 Å². The first kappa shape index (κ1) is 21.1. The van der Waals surface area contributed by atoms with E-state index in [9.17, 15) is 4.79 Å². The smallest absolute Gasteiger partial charge is 0.223 e. The predicted molar refractivity (Wildman–Crippen MR) is 126 cm³/mol. The van der Waals surface area contributed by atoms with Crippen LogP contribution < -0.4 is 4.74 Å². The molecule has 7 nitrogen and oxygen atoms in total. The molecule has 1 amide bonds. The fourth-order valence-electron chi connectivity index (χ4n) is 4.54. The normalized spacial score (nSPS) is 15.8. The van der Waals surface area contributed by atoms with Gasteiger partial charge in [-0.05, 0) is 68.1 Å². The molecule has 4 aromatic rings. The van der Waals surface area contributed by atoms with Crippen molar-refractivity contribution in [1.82, 2.24) is 24.6 Å². The van der Waals surface area contributed by atoms with Gasteiger partial charge in [-0.3, -0.25) is 4.79 Å². The van der Waals surface area contributed by atoms with Crippen LogP contribution in [0.25, 0.3) is 16.9 Å². The second-order valence-corrected chi connectivity index (χ2v) is 8.39. The molecule has 3 aromatic heterocycles. The van der Waals surface area contributed by atoms with Crippen molar-refractivity contribution in [3.8, 4) is 11.6 Å². The lowest BCUT2D eigenvalue weighted by Crippen LogP contribution is -2.31. The highest BCUT2D eigenvalue weighted by Gasteiger charge is 2.31. The zero-order valence-corrected chi connectivity index (χ0v) is 18.9. The molecule has 0 aliphatic carbocycles. The number of methoxy groups -OCH3 is 1. The Kier molecular flexibility index (Phi) is 5.77. The minimum Gasteiger partial charge on any atom is -0.497 e. The molecule has 0 bridgehead atoms. The maximum atomic E-state index is 13.1. The van der Waals surface area contributed by atoms with Crippen molar-refractivity contribution in [1.29, 1.82) is 0 Å². The summed E-state index contributed by atoms with van der Waals surface area (Å²) in [6.45, 7) is 2.75. The third-order valence-electron chi connectivity index (χ3n) is 6.30. The Hall–Kier alpha value is -3.74. The summed E-state index contributed by atoms with van der Waals surface area (Å²) in [5.74, 6) is 1.73. The van der Waals surface area contributed by atoms with E-state index in [1.807, 2.05) is 60.4 Å². The number of aromatic nitrogens is 4. The van der Waals surface area contributed by atoms with Gasteiger partial charge >= 0.3 is 0 Å². The maximum absolute atomic E-state index is 13.1. The van der Waals surface area contributed by atoms with Crippen LogP contribution in [0.1, 0.15) is 42.3 Å². The Morgan fingerprint density at radius 1 is 1.12 bits per heavy atom. The van der Waals surface area contributed by atoms with E-state index in [1.54, 1.807) is 18.0 Å². The summed E-state index contributed by atoms with van der Waals surface area (Å²) in [6, 6.07) is 17.7. The molecule has 0 unspecified atom stereocenters. The van der Waals surface area contributed by atoms with Crippen LogP contribution in [-0.4, -0.2) is 44.2 Å². The van der Waals surface area contributed by atoms with Crippen molar-refractivity contribution in [2.75, 3.05) is 13.7 Å². The molecular weight excluding hydrogens is 414 g/mol. The minimum atomic E-state index is -0.00911. The van der Waals surface area contributed by atoms with E-state index >= 15 is 0 Å². The van der Waals surface area contributed by atoms with Gasteiger partial charge in [0.1, 0.15) is 5.75 Å². The second kappa shape index (κ2) is 9.02. The van der Waals surface area contributed by atoms with Gasteiger partial charge in [0.05, 0.1) is 24.5 Å². The summed E-state index contributed by atoms with van der Waals surface area (Å²) in [5, 5.41) is 5.66. The van der Waals surface area contributed by atoms with Gasteiger partial charge < -0.3 is 9.64 Å². The largest absolute Gasteiger partial charge is 0.497 e. The average molecular weight is 442 g/mol. The Bertz CT molecular complexity index is 1270. The lowest BCUT2D eigenvalue weighted by Gasteiger charge is -2.24. The summed E-state index contributed by atoms with van der Waals surface area (Å²) >= 11 is 0. The zero-order chi connectivity index (χ0) is 22.8. The highest BCUT2D eigenvalue weighted by Crippen LogP contribution is 2.33. The average Bonchev–Trinajstić information content (AvgIpc) is 3.48. The summed E-state index contributed by atoms with van der Waals surface area (Å²) in [4.78, 5) is 24.5. The van der Waals surface area contributed by atoms with E-state index in [0.717, 1.165) is 58.9 Å². The molecule has 4 heterocycles. The minimum absolute atomic E-state index is 0.00911. The second-order valence-electron chi connectivity index (χ2n) is 8.39. The standard InChI is InChI=1S/C26H27N5O2/c1-18-21-13-14-22(28-26(21)31(29-18)24-7-3-4-16-27-24)23-6-5-17-30(23)25(32)15-10-19-8-11-20(33-2)12-9-19/h3-4,7-9,11-14,16,23H,5-6,10,15,17H2,1-2H3/t23-/m1/s1. The van der Waals surface area contributed by atoms with Gasteiger partial charge in [-0.1, -0.05) is 18.2 Å². The first-order chi connectivity index (χ1) is 16.1. The van der Waals surface area contributed by atoms with Crippen molar-refractivity contribution in [2.24, 2.45) is 0 Å². The van der Waals surface area contributed by atoms with Crippen molar-refractivity contribution in [3.63, 3.8) is 0 Å². The molecule has 7 heteroatoms. The van der Waals surface area contributed by atoms with Crippen LogP contribution in [-0.2, 0) is 11.2 Å². The number of rotatable bonds is 6. The number of amides is 1. The van der Waals surface area contributed by atoms with E-state index in [-0.39, 0.29) is 11.9 Å². The number of likely N-dealkylation sites (tertiary alicyclic amines) is 1. The number of hydrogen-bond acceptors (Lipinski definition) is 5. The van der Waals surface area contributed by atoms with Gasteiger partial charge in [0.25, 0.3) is 0 Å². The van der Waals surface area contributed by atoms with Crippen LogP contribution in [0.5, 0.6) is 5.75 Å². The van der Waals surface area contributed by atoms with Gasteiger partial charge in [0.15, 0.2) is 11.5 Å². The third kappa shape index (κ3) is 4.18. The molecule has 5 rings (SSSR count). The van der Waals surface area contributed by atoms with E-state index < -0.39 is 0 Å². The summed E-state index contributed by atoms with van der Waals surface area (Å²) in [7, 11) is 1.65. The van der Waals surface area contributed by atoms with Gasteiger partial charge in [0, 0.05) is 24.5 Å². The topological polar surface area (TPSA) is 73.1 Å². The lowest BCUT2D eigenvalue weighted by atomic mass is 10.1. The number of carbonyl (C=O) groups excluding carboxylic acids is 1. The molecule has 1 atom stereocenters. The molecule has 0 radical (unpaired) electrons. The van der Waals surface area contributed by atoms with Gasteiger partial charge in [-0.25, -0.2) is 9.97 Å². The van der Waals surface area contributed by atoms with Gasteiger partial charge in [0.2, 0.25) is 5.91 Å². The van der Waals surface area contributed by atoms with Crippen LogP contribution in [0.3, 0.4) is 0 Å². The molecule has 1 saturated heterocycles. The van der Waals surface area contributed by atoms with Crippen molar-refractivity contribution in [2.45, 2.75) is 38.6 Å². The van der Waals surface area contributed by atoms with Crippen molar-refractivity contribution < 1.29 is 9.53 Å².